The molecule has 8 heteroatoms. The number of sulfone groups is 1. The van der Waals surface area contributed by atoms with Crippen molar-refractivity contribution in [1.29, 1.82) is 0 Å². The zero-order chi connectivity index (χ0) is 17.2. The largest absolute Gasteiger partial charge is 0.454 e. The van der Waals surface area contributed by atoms with Gasteiger partial charge in [-0.2, -0.15) is 0 Å². The highest BCUT2D eigenvalue weighted by Crippen LogP contribution is 2.32. The average molecular weight is 342 g/mol. The Labute approximate surface area is 136 Å². The van der Waals surface area contributed by atoms with E-state index in [-0.39, 0.29) is 12.8 Å². The van der Waals surface area contributed by atoms with Gasteiger partial charge in [0.15, 0.2) is 21.3 Å². The van der Waals surface area contributed by atoms with Crippen LogP contribution in [-0.2, 0) is 16.4 Å². The Bertz CT molecular complexity index is 689. The van der Waals surface area contributed by atoms with Crippen LogP contribution in [0.4, 0.5) is 4.79 Å². The molecule has 0 fully saturated rings. The van der Waals surface area contributed by atoms with Crippen LogP contribution in [0.25, 0.3) is 0 Å². The van der Waals surface area contributed by atoms with Gasteiger partial charge in [0.1, 0.15) is 0 Å². The summed E-state index contributed by atoms with van der Waals surface area (Å²) >= 11 is 0. The number of carbonyl (C=O) groups is 1. The number of nitrogens with one attached hydrogen (secondary N) is 1. The van der Waals surface area contributed by atoms with Gasteiger partial charge in [0.25, 0.3) is 0 Å². The summed E-state index contributed by atoms with van der Waals surface area (Å²) in [5.74, 6) is 1.34. The Hall–Kier alpha value is -1.96. The van der Waals surface area contributed by atoms with Crippen molar-refractivity contribution in [3.05, 3.63) is 23.8 Å². The maximum atomic E-state index is 12.2. The molecular weight excluding hydrogens is 320 g/mol. The fraction of sp³-hybridized carbons (Fsp3) is 0.533. The minimum Gasteiger partial charge on any atom is -0.454 e. The highest BCUT2D eigenvalue weighted by atomic mass is 32.2. The molecule has 1 aliphatic rings. The van der Waals surface area contributed by atoms with Crippen molar-refractivity contribution in [2.75, 3.05) is 20.1 Å². The van der Waals surface area contributed by atoms with Gasteiger partial charge >= 0.3 is 6.03 Å². The number of rotatable bonds is 5. The zero-order valence-electron chi connectivity index (χ0n) is 13.7. The molecule has 1 aromatic rings. The second kappa shape index (κ2) is 6.66. The van der Waals surface area contributed by atoms with Gasteiger partial charge < -0.3 is 19.7 Å². The summed E-state index contributed by atoms with van der Waals surface area (Å²) in [4.78, 5) is 13.6. The van der Waals surface area contributed by atoms with E-state index < -0.39 is 21.1 Å². The second-order valence-corrected chi connectivity index (χ2v) is 8.14. The summed E-state index contributed by atoms with van der Waals surface area (Å²) in [7, 11) is -1.62. The SMILES string of the molecule is CC(C(C)S(C)(=O)=O)N(C)C(=O)NCc1ccc2c(c1)OCO2. The molecule has 2 rings (SSSR count). The van der Waals surface area contributed by atoms with Crippen LogP contribution in [0.1, 0.15) is 19.4 Å². The Balaban J connectivity index is 1.94. The maximum Gasteiger partial charge on any atom is 0.317 e. The monoisotopic (exact) mass is 342 g/mol. The zero-order valence-corrected chi connectivity index (χ0v) is 14.5. The van der Waals surface area contributed by atoms with E-state index in [1.54, 1.807) is 27.0 Å². The van der Waals surface area contributed by atoms with Crippen molar-refractivity contribution in [2.45, 2.75) is 31.7 Å². The molecule has 128 valence electrons. The van der Waals surface area contributed by atoms with Gasteiger partial charge in [-0.05, 0) is 31.5 Å². The van der Waals surface area contributed by atoms with Crippen LogP contribution >= 0.6 is 0 Å². The van der Waals surface area contributed by atoms with Crippen LogP contribution in [0.5, 0.6) is 11.5 Å². The van der Waals surface area contributed by atoms with E-state index in [1.807, 2.05) is 12.1 Å². The number of benzene rings is 1. The van der Waals surface area contributed by atoms with Crippen molar-refractivity contribution >= 4 is 15.9 Å². The fourth-order valence-corrected chi connectivity index (χ4v) is 3.11. The summed E-state index contributed by atoms with van der Waals surface area (Å²) in [6.07, 6.45) is 1.17. The number of urea groups is 1. The molecule has 1 aromatic carbocycles. The van der Waals surface area contributed by atoms with Gasteiger partial charge in [-0.15, -0.1) is 0 Å². The van der Waals surface area contributed by atoms with E-state index in [9.17, 15) is 13.2 Å². The summed E-state index contributed by atoms with van der Waals surface area (Å²) < 4.78 is 33.7. The summed E-state index contributed by atoms with van der Waals surface area (Å²) in [5, 5.41) is 2.14. The minimum atomic E-state index is -3.21. The third-order valence-corrected chi connectivity index (χ3v) is 5.91. The van der Waals surface area contributed by atoms with E-state index in [0.717, 1.165) is 5.56 Å². The fourth-order valence-electron chi connectivity index (χ4n) is 2.21. The van der Waals surface area contributed by atoms with Crippen LogP contribution in [0, 0.1) is 0 Å². The van der Waals surface area contributed by atoms with Gasteiger partial charge in [0.05, 0.1) is 5.25 Å². The Morgan fingerprint density at radius 1 is 1.30 bits per heavy atom. The molecule has 0 saturated heterocycles. The van der Waals surface area contributed by atoms with Crippen LogP contribution in [0.2, 0.25) is 0 Å². The Morgan fingerprint density at radius 2 is 1.96 bits per heavy atom. The topological polar surface area (TPSA) is 84.9 Å². The molecule has 0 aliphatic carbocycles. The lowest BCUT2D eigenvalue weighted by molar-refractivity contribution is 0.174. The molecule has 0 spiro atoms. The maximum absolute atomic E-state index is 12.2. The predicted molar refractivity (Wildman–Crippen MR) is 86.3 cm³/mol. The van der Waals surface area contributed by atoms with Crippen LogP contribution < -0.4 is 14.8 Å². The van der Waals surface area contributed by atoms with E-state index >= 15 is 0 Å². The van der Waals surface area contributed by atoms with E-state index in [1.165, 1.54) is 11.2 Å². The molecule has 2 amide bonds. The van der Waals surface area contributed by atoms with Crippen LogP contribution in [-0.4, -0.2) is 50.7 Å². The first kappa shape index (κ1) is 17.4. The molecular formula is C15H22N2O5S. The lowest BCUT2D eigenvalue weighted by Crippen LogP contribution is -2.48. The average Bonchev–Trinajstić information content (AvgIpc) is 2.96. The van der Waals surface area contributed by atoms with Crippen molar-refractivity contribution in [2.24, 2.45) is 0 Å². The summed E-state index contributed by atoms with van der Waals surface area (Å²) in [6, 6.07) is 4.69. The van der Waals surface area contributed by atoms with Gasteiger partial charge in [0, 0.05) is 25.9 Å². The predicted octanol–water partition coefficient (Wildman–Crippen LogP) is 1.38. The highest BCUT2D eigenvalue weighted by Gasteiger charge is 2.28. The third-order valence-electron chi connectivity index (χ3n) is 4.17. The molecule has 1 N–H and O–H groups in total. The van der Waals surface area contributed by atoms with Crippen molar-refractivity contribution in [3.63, 3.8) is 0 Å². The summed E-state index contributed by atoms with van der Waals surface area (Å²) in [5.41, 5.74) is 0.875. The van der Waals surface area contributed by atoms with Crippen LogP contribution in [0.15, 0.2) is 18.2 Å². The van der Waals surface area contributed by atoms with Gasteiger partial charge in [-0.3, -0.25) is 0 Å². The molecule has 0 saturated carbocycles. The lowest BCUT2D eigenvalue weighted by atomic mass is 10.2. The highest BCUT2D eigenvalue weighted by molar-refractivity contribution is 7.91. The Morgan fingerprint density at radius 3 is 2.61 bits per heavy atom. The molecule has 0 radical (unpaired) electrons. The van der Waals surface area contributed by atoms with Gasteiger partial charge in [-0.1, -0.05) is 6.07 Å². The quantitative estimate of drug-likeness (QED) is 0.874. The first-order valence-corrected chi connectivity index (χ1v) is 9.23. The summed E-state index contributed by atoms with van der Waals surface area (Å²) in [6.45, 7) is 3.84. The molecule has 1 heterocycles. The van der Waals surface area contributed by atoms with E-state index in [4.69, 9.17) is 9.47 Å². The molecule has 0 bridgehead atoms. The van der Waals surface area contributed by atoms with E-state index in [0.29, 0.717) is 18.0 Å². The van der Waals surface area contributed by atoms with Crippen molar-refractivity contribution in [1.82, 2.24) is 10.2 Å². The van der Waals surface area contributed by atoms with Gasteiger partial charge in [0.2, 0.25) is 6.79 Å². The molecule has 0 aromatic heterocycles. The van der Waals surface area contributed by atoms with Gasteiger partial charge in [-0.25, -0.2) is 13.2 Å². The number of hydrogen-bond acceptors (Lipinski definition) is 5. The number of amides is 2. The van der Waals surface area contributed by atoms with E-state index in [2.05, 4.69) is 5.32 Å². The molecule has 2 unspecified atom stereocenters. The second-order valence-electron chi connectivity index (χ2n) is 5.73. The number of nitrogens with zero attached hydrogens (tertiary/aromatic N) is 1. The standard InChI is InChI=1S/C15H22N2O5S/c1-10(11(2)23(4,19)20)17(3)15(18)16-8-12-5-6-13-14(7-12)22-9-21-13/h5-7,10-11H,8-9H2,1-4H3,(H,16,18). The lowest BCUT2D eigenvalue weighted by Gasteiger charge is -2.29. The smallest absolute Gasteiger partial charge is 0.317 e. The van der Waals surface area contributed by atoms with Crippen molar-refractivity contribution < 1.29 is 22.7 Å². The molecule has 23 heavy (non-hydrogen) atoms. The number of ether oxygens (including phenoxy) is 2. The third kappa shape index (κ3) is 4.07. The first-order chi connectivity index (χ1) is 10.7. The van der Waals surface area contributed by atoms with Crippen LogP contribution in [0.3, 0.4) is 0 Å². The minimum absolute atomic E-state index is 0.203. The number of carbonyl (C=O) groups excluding carboxylic acids is 1. The molecule has 7 nitrogen and oxygen atoms in total. The number of hydrogen-bond donors (Lipinski definition) is 1. The Kier molecular flexibility index (Phi) is 5.03. The molecule has 2 atom stereocenters. The van der Waals surface area contributed by atoms with Crippen molar-refractivity contribution in [3.8, 4) is 11.5 Å². The molecule has 1 aliphatic heterocycles. The normalized spacial score (nSPS) is 15.8. The number of fused-ring (bicyclic) bond motifs is 1. The first-order valence-electron chi connectivity index (χ1n) is 7.28.